The van der Waals surface area contributed by atoms with Gasteiger partial charge < -0.3 is 15.4 Å². The van der Waals surface area contributed by atoms with Crippen molar-refractivity contribution in [2.75, 3.05) is 11.9 Å². The normalized spacial score (nSPS) is 12.2. The second kappa shape index (κ2) is 7.68. The van der Waals surface area contributed by atoms with Crippen LogP contribution in [-0.4, -0.2) is 30.1 Å². The lowest BCUT2D eigenvalue weighted by molar-refractivity contribution is -0.120. The van der Waals surface area contributed by atoms with Gasteiger partial charge in [0.2, 0.25) is 5.91 Å². The average Bonchev–Trinajstić information content (AvgIpc) is 2.38. The van der Waals surface area contributed by atoms with Crippen LogP contribution in [0.2, 0.25) is 0 Å². The molecule has 0 aliphatic rings. The van der Waals surface area contributed by atoms with Crippen LogP contribution in [0.5, 0.6) is 5.75 Å². The zero-order valence-corrected chi connectivity index (χ0v) is 13.8. The lowest BCUT2D eigenvalue weighted by Gasteiger charge is -2.22. The highest BCUT2D eigenvalue weighted by molar-refractivity contribution is 5.98. The van der Waals surface area contributed by atoms with Gasteiger partial charge in [-0.05, 0) is 46.8 Å². The molecular formula is C16H25N3O3. The number of nitrogens with one attached hydrogen (secondary N) is 3. The van der Waals surface area contributed by atoms with E-state index in [0.29, 0.717) is 18.0 Å². The fourth-order valence-corrected chi connectivity index (χ4v) is 1.76. The van der Waals surface area contributed by atoms with Gasteiger partial charge in [0.1, 0.15) is 11.8 Å². The predicted molar refractivity (Wildman–Crippen MR) is 87.1 cm³/mol. The van der Waals surface area contributed by atoms with Crippen LogP contribution >= 0.6 is 0 Å². The minimum Gasteiger partial charge on any atom is -0.492 e. The summed E-state index contributed by atoms with van der Waals surface area (Å²) in [6, 6.07) is 6.27. The summed E-state index contributed by atoms with van der Waals surface area (Å²) in [7, 11) is 0. The third-order valence-corrected chi connectivity index (χ3v) is 2.68. The Morgan fingerprint density at radius 3 is 2.45 bits per heavy atom. The first-order chi connectivity index (χ1) is 10.2. The molecule has 0 saturated heterocycles. The zero-order chi connectivity index (χ0) is 16.8. The molecule has 0 radical (unpaired) electrons. The van der Waals surface area contributed by atoms with Gasteiger partial charge in [0, 0.05) is 5.54 Å². The Labute approximate surface area is 131 Å². The second-order valence-electron chi connectivity index (χ2n) is 5.99. The van der Waals surface area contributed by atoms with Crippen molar-refractivity contribution in [1.29, 1.82) is 0 Å². The third kappa shape index (κ3) is 6.03. The summed E-state index contributed by atoms with van der Waals surface area (Å²) in [4.78, 5) is 23.7. The smallest absolute Gasteiger partial charge is 0.321 e. The predicted octanol–water partition coefficient (Wildman–Crippen LogP) is 2.51. The molecule has 6 heteroatoms. The number of rotatable bonds is 5. The molecule has 1 unspecified atom stereocenters. The Morgan fingerprint density at radius 1 is 1.23 bits per heavy atom. The van der Waals surface area contributed by atoms with E-state index in [1.807, 2.05) is 52.0 Å². The Balaban J connectivity index is 2.63. The molecule has 0 saturated carbocycles. The van der Waals surface area contributed by atoms with E-state index in [-0.39, 0.29) is 0 Å². The first-order valence-electron chi connectivity index (χ1n) is 7.34. The minimum atomic E-state index is -0.577. The van der Waals surface area contributed by atoms with Crippen LogP contribution in [0.25, 0.3) is 0 Å². The van der Waals surface area contributed by atoms with Crippen molar-refractivity contribution < 1.29 is 14.3 Å². The summed E-state index contributed by atoms with van der Waals surface area (Å²) in [6.45, 7) is 9.64. The van der Waals surface area contributed by atoms with Gasteiger partial charge in [-0.25, -0.2) is 4.79 Å². The number of imide groups is 1. The van der Waals surface area contributed by atoms with Crippen LogP contribution in [0.3, 0.4) is 0 Å². The molecule has 0 heterocycles. The van der Waals surface area contributed by atoms with Crippen LogP contribution in [0.1, 0.15) is 34.6 Å². The minimum absolute atomic E-state index is 0.400. The Bertz CT molecular complexity index is 524. The molecule has 0 spiro atoms. The number of carbonyl (C=O) groups is 2. The van der Waals surface area contributed by atoms with Crippen molar-refractivity contribution in [2.45, 2.75) is 46.2 Å². The molecule has 3 amide bonds. The molecule has 1 aromatic carbocycles. The molecule has 0 aromatic heterocycles. The van der Waals surface area contributed by atoms with Gasteiger partial charge in [-0.2, -0.15) is 0 Å². The van der Waals surface area contributed by atoms with E-state index in [4.69, 9.17) is 4.74 Å². The molecule has 0 fully saturated rings. The van der Waals surface area contributed by atoms with Crippen molar-refractivity contribution in [3.8, 4) is 5.75 Å². The largest absolute Gasteiger partial charge is 0.492 e. The highest BCUT2D eigenvalue weighted by Crippen LogP contribution is 2.24. The highest BCUT2D eigenvalue weighted by Gasteiger charge is 2.20. The number of amides is 3. The number of para-hydroxylation sites is 2. The number of hydrogen-bond acceptors (Lipinski definition) is 4. The van der Waals surface area contributed by atoms with E-state index in [9.17, 15) is 9.59 Å². The maximum Gasteiger partial charge on any atom is 0.321 e. The summed E-state index contributed by atoms with van der Waals surface area (Å²) >= 11 is 0. The van der Waals surface area contributed by atoms with E-state index in [2.05, 4.69) is 16.0 Å². The van der Waals surface area contributed by atoms with Gasteiger partial charge in [0.25, 0.3) is 0 Å². The maximum atomic E-state index is 12.0. The number of benzene rings is 1. The third-order valence-electron chi connectivity index (χ3n) is 2.68. The Kier molecular flexibility index (Phi) is 6.22. The van der Waals surface area contributed by atoms with Crippen LogP contribution in [-0.2, 0) is 4.79 Å². The van der Waals surface area contributed by atoms with Crippen molar-refractivity contribution in [1.82, 2.24) is 10.6 Å². The standard InChI is InChI=1S/C16H25N3O3/c1-6-22-13-10-8-7-9-12(13)17-11(2)14(20)18-15(21)19-16(3,4)5/h7-11,17H,6H2,1-5H3,(H2,18,19,20,21). The number of hydrogen-bond donors (Lipinski definition) is 3. The van der Waals surface area contributed by atoms with E-state index >= 15 is 0 Å². The monoisotopic (exact) mass is 307 g/mol. The number of urea groups is 1. The summed E-state index contributed by atoms with van der Waals surface area (Å²) in [5.41, 5.74) is 0.311. The topological polar surface area (TPSA) is 79.5 Å². The van der Waals surface area contributed by atoms with Crippen molar-refractivity contribution in [2.24, 2.45) is 0 Å². The molecule has 0 bridgehead atoms. The molecule has 0 aliphatic heterocycles. The molecule has 3 N–H and O–H groups in total. The molecule has 6 nitrogen and oxygen atoms in total. The average molecular weight is 307 g/mol. The van der Waals surface area contributed by atoms with E-state index in [1.54, 1.807) is 6.92 Å². The zero-order valence-electron chi connectivity index (χ0n) is 13.8. The van der Waals surface area contributed by atoms with Crippen LogP contribution in [0.15, 0.2) is 24.3 Å². The van der Waals surface area contributed by atoms with Gasteiger partial charge in [0.15, 0.2) is 0 Å². The number of carbonyl (C=O) groups excluding carboxylic acids is 2. The van der Waals surface area contributed by atoms with Gasteiger partial charge in [-0.15, -0.1) is 0 Å². The van der Waals surface area contributed by atoms with Gasteiger partial charge in [-0.3, -0.25) is 10.1 Å². The lowest BCUT2D eigenvalue weighted by Crippen LogP contribution is -2.51. The fourth-order valence-electron chi connectivity index (χ4n) is 1.76. The first-order valence-corrected chi connectivity index (χ1v) is 7.34. The Morgan fingerprint density at radius 2 is 1.86 bits per heavy atom. The molecule has 1 rings (SSSR count). The quantitative estimate of drug-likeness (QED) is 0.781. The summed E-state index contributed by atoms with van der Waals surface area (Å²) in [5.74, 6) is 0.261. The van der Waals surface area contributed by atoms with Crippen LogP contribution in [0.4, 0.5) is 10.5 Å². The van der Waals surface area contributed by atoms with Gasteiger partial charge in [0.05, 0.1) is 12.3 Å². The van der Waals surface area contributed by atoms with Crippen molar-refractivity contribution in [3.05, 3.63) is 24.3 Å². The maximum absolute atomic E-state index is 12.0. The van der Waals surface area contributed by atoms with E-state index in [0.717, 1.165) is 0 Å². The molecule has 22 heavy (non-hydrogen) atoms. The van der Waals surface area contributed by atoms with E-state index in [1.165, 1.54) is 0 Å². The lowest BCUT2D eigenvalue weighted by atomic mass is 10.1. The summed E-state index contributed by atoms with van der Waals surface area (Å²) < 4.78 is 5.49. The molecule has 0 aliphatic carbocycles. The molecule has 1 atom stereocenters. The number of anilines is 1. The highest BCUT2D eigenvalue weighted by atomic mass is 16.5. The number of ether oxygens (including phenoxy) is 1. The van der Waals surface area contributed by atoms with Gasteiger partial charge >= 0.3 is 6.03 Å². The SMILES string of the molecule is CCOc1ccccc1NC(C)C(=O)NC(=O)NC(C)(C)C. The molecule has 122 valence electrons. The summed E-state index contributed by atoms with van der Waals surface area (Å²) in [6.07, 6.45) is 0. The summed E-state index contributed by atoms with van der Waals surface area (Å²) in [5, 5.41) is 8.04. The van der Waals surface area contributed by atoms with E-state index < -0.39 is 23.5 Å². The van der Waals surface area contributed by atoms with Gasteiger partial charge in [-0.1, -0.05) is 12.1 Å². The van der Waals surface area contributed by atoms with Crippen molar-refractivity contribution >= 4 is 17.6 Å². The first kappa shape index (κ1) is 17.8. The van der Waals surface area contributed by atoms with Crippen molar-refractivity contribution in [3.63, 3.8) is 0 Å². The van der Waals surface area contributed by atoms with Crippen LogP contribution < -0.4 is 20.7 Å². The van der Waals surface area contributed by atoms with Crippen LogP contribution in [0, 0.1) is 0 Å². The fraction of sp³-hybridized carbons (Fsp3) is 0.500. The second-order valence-corrected chi connectivity index (χ2v) is 5.99. The molecular weight excluding hydrogens is 282 g/mol. The Hall–Kier alpha value is -2.24. The molecule has 1 aromatic rings.